The van der Waals surface area contributed by atoms with Crippen molar-refractivity contribution in [1.29, 1.82) is 0 Å². The Morgan fingerprint density at radius 1 is 1.08 bits per heavy atom. The van der Waals surface area contributed by atoms with Crippen molar-refractivity contribution in [2.45, 2.75) is 16.3 Å². The van der Waals surface area contributed by atoms with Gasteiger partial charge in [0.1, 0.15) is 10.6 Å². The standard InChI is InChI=1S/C15H16ClNO5S2/c1-22-14-8-7-12(23(2,18)19)9-15(14)24(20,21)17-10-11-5-3-4-6-13(11)16/h3-9,17H,10H2,1-2H3. The van der Waals surface area contributed by atoms with Gasteiger partial charge in [0, 0.05) is 17.8 Å². The van der Waals surface area contributed by atoms with Crippen LogP contribution in [0.5, 0.6) is 5.75 Å². The van der Waals surface area contributed by atoms with Gasteiger partial charge < -0.3 is 4.74 Å². The summed E-state index contributed by atoms with van der Waals surface area (Å²) in [5.74, 6) is 0.0501. The van der Waals surface area contributed by atoms with E-state index in [2.05, 4.69) is 4.72 Å². The van der Waals surface area contributed by atoms with E-state index in [1.807, 2.05) is 0 Å². The number of nitrogens with one attached hydrogen (secondary N) is 1. The molecule has 0 fully saturated rings. The van der Waals surface area contributed by atoms with E-state index < -0.39 is 19.9 Å². The van der Waals surface area contributed by atoms with E-state index in [1.54, 1.807) is 24.3 Å². The molecule has 0 aliphatic rings. The van der Waals surface area contributed by atoms with Crippen molar-refractivity contribution in [1.82, 2.24) is 4.72 Å². The zero-order chi connectivity index (χ0) is 18.0. The topological polar surface area (TPSA) is 89.5 Å². The van der Waals surface area contributed by atoms with Crippen molar-refractivity contribution in [2.75, 3.05) is 13.4 Å². The summed E-state index contributed by atoms with van der Waals surface area (Å²) in [4.78, 5) is -0.360. The second kappa shape index (κ2) is 7.10. The molecule has 0 amide bonds. The lowest BCUT2D eigenvalue weighted by Crippen LogP contribution is -2.24. The molecule has 0 saturated carbocycles. The van der Waals surface area contributed by atoms with Crippen molar-refractivity contribution < 1.29 is 21.6 Å². The van der Waals surface area contributed by atoms with Crippen LogP contribution >= 0.6 is 11.6 Å². The molecule has 130 valence electrons. The summed E-state index contributed by atoms with van der Waals surface area (Å²) in [6.45, 7) is -0.0335. The number of hydrogen-bond donors (Lipinski definition) is 1. The molecule has 0 bridgehead atoms. The predicted molar refractivity (Wildman–Crippen MR) is 91.6 cm³/mol. The molecule has 0 aliphatic carbocycles. The normalized spacial score (nSPS) is 12.1. The molecule has 0 saturated heterocycles. The van der Waals surface area contributed by atoms with E-state index >= 15 is 0 Å². The lowest BCUT2D eigenvalue weighted by atomic mass is 10.2. The lowest BCUT2D eigenvalue weighted by molar-refractivity contribution is 0.401. The number of sulfone groups is 1. The molecular formula is C15H16ClNO5S2. The molecule has 0 aliphatic heterocycles. The first kappa shape index (κ1) is 18.7. The fourth-order valence-corrected chi connectivity index (χ4v) is 4.11. The van der Waals surface area contributed by atoms with Gasteiger partial charge in [0.15, 0.2) is 9.84 Å². The summed E-state index contributed by atoms with van der Waals surface area (Å²) in [5, 5.41) is 0.428. The highest BCUT2D eigenvalue weighted by Gasteiger charge is 2.22. The Morgan fingerprint density at radius 2 is 1.75 bits per heavy atom. The first-order valence-corrected chi connectivity index (χ1v) is 10.5. The first-order chi connectivity index (χ1) is 11.1. The third kappa shape index (κ3) is 4.27. The van der Waals surface area contributed by atoms with Gasteiger partial charge in [-0.05, 0) is 29.8 Å². The van der Waals surface area contributed by atoms with E-state index in [0.29, 0.717) is 10.6 Å². The number of benzene rings is 2. The van der Waals surface area contributed by atoms with Crippen LogP contribution in [0.25, 0.3) is 0 Å². The Morgan fingerprint density at radius 3 is 2.33 bits per heavy atom. The molecule has 9 heteroatoms. The Labute approximate surface area is 146 Å². The van der Waals surface area contributed by atoms with Gasteiger partial charge in [0.2, 0.25) is 10.0 Å². The van der Waals surface area contributed by atoms with Crippen LogP contribution in [0.15, 0.2) is 52.3 Å². The minimum Gasteiger partial charge on any atom is -0.495 e. The smallest absolute Gasteiger partial charge is 0.244 e. The number of ether oxygens (including phenoxy) is 1. The van der Waals surface area contributed by atoms with Crippen molar-refractivity contribution in [2.24, 2.45) is 0 Å². The fourth-order valence-electron chi connectivity index (χ4n) is 1.99. The van der Waals surface area contributed by atoms with Crippen molar-refractivity contribution in [3.63, 3.8) is 0 Å². The molecular weight excluding hydrogens is 374 g/mol. The van der Waals surface area contributed by atoms with Crippen molar-refractivity contribution in [3.8, 4) is 5.75 Å². The summed E-state index contributed by atoms with van der Waals surface area (Å²) in [6.07, 6.45) is 1.00. The molecule has 0 atom stereocenters. The molecule has 24 heavy (non-hydrogen) atoms. The van der Waals surface area contributed by atoms with Crippen LogP contribution in [-0.2, 0) is 26.4 Å². The van der Waals surface area contributed by atoms with Gasteiger partial charge in [-0.25, -0.2) is 21.6 Å². The van der Waals surface area contributed by atoms with Gasteiger partial charge in [-0.2, -0.15) is 0 Å². The molecule has 0 heterocycles. The number of methoxy groups -OCH3 is 1. The highest BCUT2D eigenvalue weighted by atomic mass is 35.5. The van der Waals surface area contributed by atoms with Gasteiger partial charge >= 0.3 is 0 Å². The monoisotopic (exact) mass is 389 g/mol. The quantitative estimate of drug-likeness (QED) is 0.818. The van der Waals surface area contributed by atoms with E-state index in [1.165, 1.54) is 19.2 Å². The Hall–Kier alpha value is -1.61. The molecule has 2 aromatic carbocycles. The third-order valence-electron chi connectivity index (χ3n) is 3.26. The second-order valence-electron chi connectivity index (χ2n) is 5.00. The Bertz CT molecular complexity index is 956. The van der Waals surface area contributed by atoms with Crippen LogP contribution in [0.2, 0.25) is 5.02 Å². The molecule has 0 radical (unpaired) electrons. The predicted octanol–water partition coefficient (Wildman–Crippen LogP) is 2.23. The summed E-state index contributed by atoms with van der Waals surface area (Å²) in [7, 11) is -6.24. The minimum atomic E-state index is -4.00. The first-order valence-electron chi connectivity index (χ1n) is 6.76. The van der Waals surface area contributed by atoms with E-state index in [9.17, 15) is 16.8 Å². The molecule has 2 aromatic rings. The van der Waals surface area contributed by atoms with Gasteiger partial charge in [-0.15, -0.1) is 0 Å². The number of hydrogen-bond acceptors (Lipinski definition) is 5. The summed E-state index contributed by atoms with van der Waals surface area (Å²) in [6, 6.07) is 10.5. The van der Waals surface area contributed by atoms with Crippen LogP contribution in [0.3, 0.4) is 0 Å². The van der Waals surface area contributed by atoms with Gasteiger partial charge in [-0.3, -0.25) is 0 Å². The zero-order valence-corrected chi connectivity index (χ0v) is 15.4. The largest absolute Gasteiger partial charge is 0.495 e. The van der Waals surface area contributed by atoms with Crippen LogP contribution in [0.1, 0.15) is 5.56 Å². The molecule has 6 nitrogen and oxygen atoms in total. The average molecular weight is 390 g/mol. The van der Waals surface area contributed by atoms with Crippen LogP contribution in [-0.4, -0.2) is 30.2 Å². The van der Waals surface area contributed by atoms with Gasteiger partial charge in [0.05, 0.1) is 12.0 Å². The molecule has 0 aromatic heterocycles. The number of rotatable bonds is 6. The minimum absolute atomic E-state index is 0.0335. The van der Waals surface area contributed by atoms with Gasteiger partial charge in [-0.1, -0.05) is 29.8 Å². The van der Waals surface area contributed by atoms with Crippen molar-refractivity contribution >= 4 is 31.5 Å². The Balaban J connectivity index is 2.39. The van der Waals surface area contributed by atoms with Gasteiger partial charge in [0.25, 0.3) is 0 Å². The summed E-state index contributed by atoms with van der Waals surface area (Å²) >= 11 is 6.00. The maximum Gasteiger partial charge on any atom is 0.244 e. The van der Waals surface area contributed by atoms with E-state index in [-0.39, 0.29) is 22.1 Å². The average Bonchev–Trinajstić information content (AvgIpc) is 2.52. The van der Waals surface area contributed by atoms with Crippen molar-refractivity contribution in [3.05, 3.63) is 53.1 Å². The SMILES string of the molecule is COc1ccc(S(C)(=O)=O)cc1S(=O)(=O)NCc1ccccc1Cl. The zero-order valence-electron chi connectivity index (χ0n) is 13.0. The maximum atomic E-state index is 12.5. The summed E-state index contributed by atoms with van der Waals surface area (Å²) in [5.41, 5.74) is 0.598. The maximum absolute atomic E-state index is 12.5. The van der Waals surface area contributed by atoms with Crippen LogP contribution < -0.4 is 9.46 Å². The van der Waals surface area contributed by atoms with Crippen LogP contribution in [0.4, 0.5) is 0 Å². The highest BCUT2D eigenvalue weighted by Crippen LogP contribution is 2.27. The number of sulfonamides is 1. The molecule has 0 unspecified atom stereocenters. The fraction of sp³-hybridized carbons (Fsp3) is 0.200. The molecule has 2 rings (SSSR count). The third-order valence-corrected chi connectivity index (χ3v) is 6.16. The highest BCUT2D eigenvalue weighted by molar-refractivity contribution is 7.91. The molecule has 0 spiro atoms. The van der Waals surface area contributed by atoms with Crippen LogP contribution in [0, 0.1) is 0 Å². The van der Waals surface area contributed by atoms with E-state index in [4.69, 9.17) is 16.3 Å². The Kier molecular flexibility index (Phi) is 5.54. The summed E-state index contributed by atoms with van der Waals surface area (Å²) < 4.78 is 55.9. The van der Waals surface area contributed by atoms with E-state index in [0.717, 1.165) is 12.3 Å². The lowest BCUT2D eigenvalue weighted by Gasteiger charge is -2.12. The molecule has 1 N–H and O–H groups in total. The second-order valence-corrected chi connectivity index (χ2v) is 9.16. The number of halogens is 1.